The van der Waals surface area contributed by atoms with E-state index in [2.05, 4.69) is 16.6 Å². The molecule has 4 rings (SSSR count). The van der Waals surface area contributed by atoms with Gasteiger partial charge in [-0.3, -0.25) is 24.2 Å². The van der Waals surface area contributed by atoms with E-state index in [0.717, 1.165) is 16.0 Å². The number of methoxy groups -OCH3 is 1. The quantitative estimate of drug-likeness (QED) is 0.0805. The van der Waals surface area contributed by atoms with Crippen molar-refractivity contribution in [2.24, 2.45) is 5.92 Å². The van der Waals surface area contributed by atoms with Gasteiger partial charge in [0.25, 0.3) is 0 Å². The maximum atomic E-state index is 15.0. The van der Waals surface area contributed by atoms with Crippen LogP contribution in [-0.2, 0) is 62.4 Å². The average molecular weight is 841 g/mol. The van der Waals surface area contributed by atoms with Crippen molar-refractivity contribution < 1.29 is 47.7 Å². The van der Waals surface area contributed by atoms with E-state index < -0.39 is 54.2 Å². The molecule has 3 amide bonds. The lowest BCUT2D eigenvalue weighted by Crippen LogP contribution is -2.59. The first-order valence-electron chi connectivity index (χ1n) is 20.6. The minimum Gasteiger partial charge on any atom is -0.497 e. The second-order valence-corrected chi connectivity index (χ2v) is 15.8. The second-order valence-electron chi connectivity index (χ2n) is 15.8. The van der Waals surface area contributed by atoms with E-state index in [1.165, 1.54) is 13.8 Å². The molecule has 0 aromatic heterocycles. The maximum Gasteiger partial charge on any atom is 0.339 e. The van der Waals surface area contributed by atoms with E-state index in [9.17, 15) is 19.2 Å². The van der Waals surface area contributed by atoms with Gasteiger partial charge in [0.2, 0.25) is 17.7 Å². The highest BCUT2D eigenvalue weighted by atomic mass is 16.6. The van der Waals surface area contributed by atoms with E-state index in [4.69, 9.17) is 30.1 Å². The SMILES string of the molecule is C#CCOC(C)(C)C(=O)OCN(C(=O)C(CCc1ccccc1)NC(=O)CN1CCOCC1)C(CC(C)C)C(=O)NC(Cc1ccccc1)C(=O)OCc1ccc(OC)cc1. The summed E-state index contributed by atoms with van der Waals surface area (Å²) in [4.78, 5) is 73.8. The van der Waals surface area contributed by atoms with Crippen LogP contribution in [0.15, 0.2) is 84.9 Å². The Kier molecular flexibility index (Phi) is 19.2. The predicted octanol–water partition coefficient (Wildman–Crippen LogP) is 4.09. The smallest absolute Gasteiger partial charge is 0.339 e. The lowest BCUT2D eigenvalue weighted by molar-refractivity contribution is -0.176. The Balaban J connectivity index is 1.68. The van der Waals surface area contributed by atoms with Gasteiger partial charge in [0, 0.05) is 19.5 Å². The van der Waals surface area contributed by atoms with Gasteiger partial charge in [-0.2, -0.15) is 0 Å². The van der Waals surface area contributed by atoms with Gasteiger partial charge in [0.15, 0.2) is 12.3 Å². The van der Waals surface area contributed by atoms with Crippen LogP contribution in [0.2, 0.25) is 0 Å². The van der Waals surface area contributed by atoms with Crippen molar-refractivity contribution in [3.8, 4) is 18.1 Å². The van der Waals surface area contributed by atoms with Crippen molar-refractivity contribution in [2.45, 2.75) is 83.7 Å². The zero-order valence-electron chi connectivity index (χ0n) is 35.9. The fraction of sp³-hybridized carbons (Fsp3) is 0.468. The highest BCUT2D eigenvalue weighted by molar-refractivity contribution is 5.94. The van der Waals surface area contributed by atoms with Gasteiger partial charge >= 0.3 is 11.9 Å². The van der Waals surface area contributed by atoms with Crippen LogP contribution in [0.3, 0.4) is 0 Å². The first-order chi connectivity index (χ1) is 29.3. The number of ether oxygens (including phenoxy) is 5. The van der Waals surface area contributed by atoms with E-state index in [1.54, 1.807) is 31.4 Å². The topological polar surface area (TPSA) is 162 Å². The molecule has 3 aromatic carbocycles. The van der Waals surface area contributed by atoms with Crippen LogP contribution >= 0.6 is 0 Å². The van der Waals surface area contributed by atoms with Crippen molar-refractivity contribution in [2.75, 3.05) is 53.3 Å². The number of carbonyl (C=O) groups excluding carboxylic acids is 5. The summed E-state index contributed by atoms with van der Waals surface area (Å²) in [6.45, 7) is 7.93. The molecule has 0 aliphatic carbocycles. The first-order valence-corrected chi connectivity index (χ1v) is 20.6. The minimum absolute atomic E-state index is 0.0316. The molecule has 3 aromatic rings. The Morgan fingerprint density at radius 1 is 0.852 bits per heavy atom. The summed E-state index contributed by atoms with van der Waals surface area (Å²) in [5, 5.41) is 5.80. The zero-order chi connectivity index (χ0) is 44.2. The predicted molar refractivity (Wildman–Crippen MR) is 229 cm³/mol. The molecule has 1 aliphatic rings. The third kappa shape index (κ3) is 16.0. The second kappa shape index (κ2) is 24.5. The number of amides is 3. The van der Waals surface area contributed by atoms with Crippen LogP contribution in [-0.4, -0.2) is 116 Å². The van der Waals surface area contributed by atoms with Crippen LogP contribution in [0.5, 0.6) is 5.75 Å². The number of nitrogens with one attached hydrogen (secondary N) is 2. The third-order valence-corrected chi connectivity index (χ3v) is 10.1. The molecule has 0 spiro atoms. The van der Waals surface area contributed by atoms with E-state index in [-0.39, 0.29) is 50.8 Å². The molecule has 1 heterocycles. The molecule has 0 bridgehead atoms. The lowest BCUT2D eigenvalue weighted by Gasteiger charge is -2.36. The molecular formula is C47H60N4O10. The van der Waals surface area contributed by atoms with Crippen LogP contribution in [0.25, 0.3) is 0 Å². The minimum atomic E-state index is -1.50. The van der Waals surface area contributed by atoms with Crippen LogP contribution in [0, 0.1) is 18.3 Å². The highest BCUT2D eigenvalue weighted by Gasteiger charge is 2.39. The number of terminal acetylenes is 1. The molecule has 3 atom stereocenters. The van der Waals surface area contributed by atoms with Crippen molar-refractivity contribution in [1.82, 2.24) is 20.4 Å². The number of hydrogen-bond donors (Lipinski definition) is 2. The average Bonchev–Trinajstić information content (AvgIpc) is 3.26. The van der Waals surface area contributed by atoms with Crippen LogP contribution < -0.4 is 15.4 Å². The lowest BCUT2D eigenvalue weighted by atomic mass is 9.98. The van der Waals surface area contributed by atoms with Crippen LogP contribution in [0.4, 0.5) is 0 Å². The molecule has 3 unspecified atom stereocenters. The van der Waals surface area contributed by atoms with Crippen molar-refractivity contribution in [3.63, 3.8) is 0 Å². The molecule has 1 saturated heterocycles. The standard InChI is InChI=1S/C47H60N4O10/c1-7-26-61-47(4,5)46(56)60-33-51(44(54)39(23-20-35-14-10-8-11-15-35)48-42(52)31-50-24-27-58-28-25-50)41(29-34(2)3)43(53)49-40(30-36-16-12-9-13-17-36)45(55)59-32-37-18-21-38(57-6)22-19-37/h1,8-19,21-22,34,39-41H,20,23-33H2,2-6H3,(H,48,52)(H,49,53). The van der Waals surface area contributed by atoms with Gasteiger partial charge in [0.1, 0.15) is 37.1 Å². The number of carbonyl (C=O) groups is 5. The number of rotatable bonds is 23. The van der Waals surface area contributed by atoms with Gasteiger partial charge in [-0.15, -0.1) is 6.42 Å². The maximum absolute atomic E-state index is 15.0. The van der Waals surface area contributed by atoms with Gasteiger partial charge in [0.05, 0.1) is 26.9 Å². The molecule has 61 heavy (non-hydrogen) atoms. The Hall–Kier alpha value is -5.75. The van der Waals surface area contributed by atoms with E-state index in [1.807, 2.05) is 79.4 Å². The molecular weight excluding hydrogens is 781 g/mol. The summed E-state index contributed by atoms with van der Waals surface area (Å²) in [5.74, 6) is -0.414. The molecule has 1 aliphatic heterocycles. The molecule has 1 fully saturated rings. The van der Waals surface area contributed by atoms with Crippen molar-refractivity contribution in [1.29, 1.82) is 0 Å². The summed E-state index contributed by atoms with van der Waals surface area (Å²) in [6, 6.07) is 22.1. The summed E-state index contributed by atoms with van der Waals surface area (Å²) in [7, 11) is 1.56. The molecule has 0 radical (unpaired) electrons. The van der Waals surface area contributed by atoms with Gasteiger partial charge in [-0.05, 0) is 67.9 Å². The molecule has 14 heteroatoms. The zero-order valence-corrected chi connectivity index (χ0v) is 35.9. The van der Waals surface area contributed by atoms with Gasteiger partial charge in [-0.1, -0.05) is 92.6 Å². The molecule has 2 N–H and O–H groups in total. The highest BCUT2D eigenvalue weighted by Crippen LogP contribution is 2.20. The fourth-order valence-electron chi connectivity index (χ4n) is 6.62. The summed E-state index contributed by atoms with van der Waals surface area (Å²) in [6.07, 6.45) is 6.16. The summed E-state index contributed by atoms with van der Waals surface area (Å²) in [5.41, 5.74) is 0.905. The number of morpholine rings is 1. The monoisotopic (exact) mass is 840 g/mol. The Labute approximate surface area is 359 Å². The van der Waals surface area contributed by atoms with Gasteiger partial charge < -0.3 is 34.3 Å². The summed E-state index contributed by atoms with van der Waals surface area (Å²) >= 11 is 0. The fourth-order valence-corrected chi connectivity index (χ4v) is 6.62. The number of aryl methyl sites for hydroxylation is 1. The summed E-state index contributed by atoms with van der Waals surface area (Å²) < 4.78 is 27.7. The number of esters is 2. The Morgan fingerprint density at radius 2 is 1.49 bits per heavy atom. The molecule has 14 nitrogen and oxygen atoms in total. The Bertz CT molecular complexity index is 1890. The molecule has 0 saturated carbocycles. The normalized spacial score (nSPS) is 14.4. The van der Waals surface area contributed by atoms with Gasteiger partial charge in [-0.25, -0.2) is 9.59 Å². The number of hydrogen-bond acceptors (Lipinski definition) is 11. The largest absolute Gasteiger partial charge is 0.497 e. The third-order valence-electron chi connectivity index (χ3n) is 10.1. The van der Waals surface area contributed by atoms with Crippen molar-refractivity contribution >= 4 is 29.7 Å². The number of nitrogens with zero attached hydrogens (tertiary/aromatic N) is 2. The molecule has 328 valence electrons. The van der Waals surface area contributed by atoms with Crippen LogP contribution in [0.1, 0.15) is 57.2 Å². The van der Waals surface area contributed by atoms with Crippen molar-refractivity contribution in [3.05, 3.63) is 102 Å². The number of benzene rings is 3. The Morgan fingerprint density at radius 3 is 2.10 bits per heavy atom. The van der Waals surface area contributed by atoms with E-state index >= 15 is 4.79 Å². The van der Waals surface area contributed by atoms with E-state index in [0.29, 0.717) is 44.0 Å². The first kappa shape index (κ1) is 47.9.